The van der Waals surface area contributed by atoms with Crippen LogP contribution < -0.4 is 11.1 Å². The van der Waals surface area contributed by atoms with Crippen molar-refractivity contribution in [1.82, 2.24) is 9.78 Å². The molecule has 1 aromatic rings. The third-order valence-corrected chi connectivity index (χ3v) is 4.72. The van der Waals surface area contributed by atoms with Crippen molar-refractivity contribution in [3.63, 3.8) is 0 Å². The maximum Gasteiger partial charge on any atom is 0.148 e. The van der Waals surface area contributed by atoms with Crippen LogP contribution in [0, 0.1) is 11.8 Å². The van der Waals surface area contributed by atoms with Crippen molar-refractivity contribution in [2.45, 2.75) is 58.9 Å². The molecule has 1 saturated carbocycles. The molecule has 0 amide bonds. The highest BCUT2D eigenvalue weighted by molar-refractivity contribution is 5.65. The van der Waals surface area contributed by atoms with Crippen LogP contribution in [0.3, 0.4) is 0 Å². The number of nitrogens with zero attached hydrogens (tertiary/aromatic N) is 2. The maximum atomic E-state index is 6.24. The number of anilines is 2. The lowest BCUT2D eigenvalue weighted by Crippen LogP contribution is -2.26. The molecule has 0 saturated heterocycles. The van der Waals surface area contributed by atoms with Crippen LogP contribution >= 0.6 is 0 Å². The molecule has 1 heterocycles. The van der Waals surface area contributed by atoms with Gasteiger partial charge in [0, 0.05) is 13.1 Å². The predicted molar refractivity (Wildman–Crippen MR) is 81.2 cm³/mol. The smallest absolute Gasteiger partial charge is 0.148 e. The van der Waals surface area contributed by atoms with E-state index in [1.807, 2.05) is 11.7 Å². The monoisotopic (exact) mass is 264 g/mol. The average Bonchev–Trinajstić information content (AvgIpc) is 2.86. The van der Waals surface area contributed by atoms with E-state index in [9.17, 15) is 0 Å². The van der Waals surface area contributed by atoms with Gasteiger partial charge in [-0.25, -0.2) is 0 Å². The molecule has 0 bridgehead atoms. The van der Waals surface area contributed by atoms with Crippen molar-refractivity contribution in [1.29, 1.82) is 0 Å². The highest BCUT2D eigenvalue weighted by Gasteiger charge is 2.32. The summed E-state index contributed by atoms with van der Waals surface area (Å²) in [6.07, 6.45) is 5.89. The fourth-order valence-corrected chi connectivity index (χ4v) is 3.39. The SMILES string of the molecule is CCCc1nn(C)c(NC2CCC(CC)C2C)c1N. The first-order valence-electron chi connectivity index (χ1n) is 7.66. The van der Waals surface area contributed by atoms with Gasteiger partial charge >= 0.3 is 0 Å². The van der Waals surface area contributed by atoms with Gasteiger partial charge in [0.1, 0.15) is 5.82 Å². The Bertz CT molecular complexity index is 424. The number of aryl methyl sites for hydroxylation is 2. The van der Waals surface area contributed by atoms with Gasteiger partial charge in [-0.05, 0) is 31.1 Å². The van der Waals surface area contributed by atoms with Crippen molar-refractivity contribution < 1.29 is 0 Å². The summed E-state index contributed by atoms with van der Waals surface area (Å²) in [5.74, 6) is 2.58. The minimum Gasteiger partial charge on any atom is -0.394 e. The molecule has 19 heavy (non-hydrogen) atoms. The van der Waals surface area contributed by atoms with E-state index in [4.69, 9.17) is 5.73 Å². The Morgan fingerprint density at radius 2 is 2.11 bits per heavy atom. The Kier molecular flexibility index (Phi) is 4.38. The van der Waals surface area contributed by atoms with Crippen molar-refractivity contribution in [2.24, 2.45) is 18.9 Å². The summed E-state index contributed by atoms with van der Waals surface area (Å²) in [6, 6.07) is 0.539. The van der Waals surface area contributed by atoms with E-state index in [-0.39, 0.29) is 0 Å². The molecular formula is C15H28N4. The summed E-state index contributed by atoms with van der Waals surface area (Å²) in [5, 5.41) is 8.18. The summed E-state index contributed by atoms with van der Waals surface area (Å²) >= 11 is 0. The molecule has 3 unspecified atom stereocenters. The van der Waals surface area contributed by atoms with Crippen LogP contribution in [0.4, 0.5) is 11.5 Å². The molecule has 1 aliphatic rings. The standard InChI is InChI=1S/C15H28N4/c1-5-7-13-14(16)15(19(4)18-13)17-12-9-8-11(6-2)10(12)3/h10-12,17H,5-9,16H2,1-4H3. The molecule has 1 aromatic heterocycles. The molecule has 4 nitrogen and oxygen atoms in total. The zero-order valence-electron chi connectivity index (χ0n) is 12.7. The normalized spacial score (nSPS) is 26.8. The van der Waals surface area contributed by atoms with E-state index in [0.29, 0.717) is 12.0 Å². The second-order valence-electron chi connectivity index (χ2n) is 5.94. The maximum absolute atomic E-state index is 6.24. The number of rotatable bonds is 5. The van der Waals surface area contributed by atoms with Gasteiger partial charge in [-0.15, -0.1) is 0 Å². The first-order valence-corrected chi connectivity index (χ1v) is 7.66. The molecule has 0 radical (unpaired) electrons. The Hall–Kier alpha value is -1.19. The van der Waals surface area contributed by atoms with Gasteiger partial charge < -0.3 is 11.1 Å². The fourth-order valence-electron chi connectivity index (χ4n) is 3.39. The van der Waals surface area contributed by atoms with Crippen LogP contribution in [0.25, 0.3) is 0 Å². The number of hydrogen-bond acceptors (Lipinski definition) is 3. The molecular weight excluding hydrogens is 236 g/mol. The quantitative estimate of drug-likeness (QED) is 0.858. The highest BCUT2D eigenvalue weighted by Crippen LogP contribution is 2.36. The van der Waals surface area contributed by atoms with E-state index in [1.165, 1.54) is 19.3 Å². The second-order valence-corrected chi connectivity index (χ2v) is 5.94. The van der Waals surface area contributed by atoms with Crippen LogP contribution in [-0.4, -0.2) is 15.8 Å². The molecule has 0 aromatic carbocycles. The molecule has 108 valence electrons. The van der Waals surface area contributed by atoms with Crippen LogP contribution in [0.1, 0.15) is 52.1 Å². The summed E-state index contributed by atoms with van der Waals surface area (Å²) in [4.78, 5) is 0. The summed E-state index contributed by atoms with van der Waals surface area (Å²) in [6.45, 7) is 6.81. The van der Waals surface area contributed by atoms with Crippen LogP contribution in [0.2, 0.25) is 0 Å². The molecule has 1 aliphatic carbocycles. The average molecular weight is 264 g/mol. The van der Waals surface area contributed by atoms with Crippen molar-refractivity contribution in [3.05, 3.63) is 5.69 Å². The van der Waals surface area contributed by atoms with Crippen LogP contribution in [-0.2, 0) is 13.5 Å². The van der Waals surface area contributed by atoms with Gasteiger partial charge in [0.25, 0.3) is 0 Å². The summed E-state index contributed by atoms with van der Waals surface area (Å²) < 4.78 is 1.91. The van der Waals surface area contributed by atoms with Crippen LogP contribution in [0.15, 0.2) is 0 Å². The lowest BCUT2D eigenvalue weighted by molar-refractivity contribution is 0.391. The number of nitrogens with one attached hydrogen (secondary N) is 1. The number of aromatic nitrogens is 2. The van der Waals surface area contributed by atoms with E-state index < -0.39 is 0 Å². The minimum atomic E-state index is 0.539. The molecule has 1 fully saturated rings. The number of hydrogen-bond donors (Lipinski definition) is 2. The highest BCUT2D eigenvalue weighted by atomic mass is 15.3. The van der Waals surface area contributed by atoms with Gasteiger partial charge in [0.15, 0.2) is 0 Å². The lowest BCUT2D eigenvalue weighted by Gasteiger charge is -2.22. The van der Waals surface area contributed by atoms with Crippen molar-refractivity contribution in [2.75, 3.05) is 11.1 Å². The predicted octanol–water partition coefficient (Wildman–Crippen LogP) is 3.19. The Labute approximate surface area is 116 Å². The zero-order chi connectivity index (χ0) is 14.0. The fraction of sp³-hybridized carbons (Fsp3) is 0.800. The summed E-state index contributed by atoms with van der Waals surface area (Å²) in [7, 11) is 1.98. The number of nitrogen functional groups attached to an aromatic ring is 1. The van der Waals surface area contributed by atoms with Crippen LogP contribution in [0.5, 0.6) is 0 Å². The molecule has 4 heteroatoms. The van der Waals surface area contributed by atoms with E-state index in [1.54, 1.807) is 0 Å². The molecule has 0 spiro atoms. The molecule has 3 atom stereocenters. The van der Waals surface area contributed by atoms with E-state index in [2.05, 4.69) is 31.2 Å². The van der Waals surface area contributed by atoms with Crippen molar-refractivity contribution >= 4 is 11.5 Å². The Morgan fingerprint density at radius 1 is 1.37 bits per heavy atom. The third-order valence-electron chi connectivity index (χ3n) is 4.72. The van der Waals surface area contributed by atoms with E-state index in [0.717, 1.165) is 36.0 Å². The number of nitrogens with two attached hydrogens (primary N) is 1. The molecule has 0 aliphatic heterocycles. The van der Waals surface area contributed by atoms with Gasteiger partial charge in [-0.3, -0.25) is 4.68 Å². The van der Waals surface area contributed by atoms with Gasteiger partial charge in [0.05, 0.1) is 11.4 Å². The molecule has 3 N–H and O–H groups in total. The lowest BCUT2D eigenvalue weighted by atomic mass is 9.93. The second kappa shape index (κ2) is 5.85. The first kappa shape index (κ1) is 14.2. The Balaban J connectivity index is 2.11. The van der Waals surface area contributed by atoms with Crippen molar-refractivity contribution in [3.8, 4) is 0 Å². The topological polar surface area (TPSA) is 55.9 Å². The van der Waals surface area contributed by atoms with Gasteiger partial charge in [-0.1, -0.05) is 33.6 Å². The summed E-state index contributed by atoms with van der Waals surface area (Å²) in [5.41, 5.74) is 8.11. The third kappa shape index (κ3) is 2.72. The first-order chi connectivity index (χ1) is 9.08. The zero-order valence-corrected chi connectivity index (χ0v) is 12.7. The van der Waals surface area contributed by atoms with E-state index >= 15 is 0 Å². The minimum absolute atomic E-state index is 0.539. The van der Waals surface area contributed by atoms with Gasteiger partial charge in [0.2, 0.25) is 0 Å². The largest absolute Gasteiger partial charge is 0.394 e. The Morgan fingerprint density at radius 3 is 2.68 bits per heavy atom. The van der Waals surface area contributed by atoms with Gasteiger partial charge in [-0.2, -0.15) is 5.10 Å². The molecule has 2 rings (SSSR count).